The molecule has 4 N–H and O–H groups in total. The summed E-state index contributed by atoms with van der Waals surface area (Å²) in [7, 11) is 0. The number of aromatic hydroxyl groups is 1. The fraction of sp³-hybridized carbons (Fsp3) is 0.0833. The van der Waals surface area contributed by atoms with Crippen molar-refractivity contribution in [1.82, 2.24) is 9.97 Å². The lowest BCUT2D eigenvalue weighted by molar-refractivity contribution is 0.482. The number of phenols is 1. The summed E-state index contributed by atoms with van der Waals surface area (Å²) in [4.78, 5) is 7.60. The Balaban J connectivity index is 2.25. The monoisotopic (exact) mass is 245 g/mol. The smallest absolute Gasteiger partial charge is 0.124 e. The zero-order valence-corrected chi connectivity index (χ0v) is 10.0. The van der Waals surface area contributed by atoms with Crippen LogP contribution in [0.15, 0.2) is 24.3 Å². The van der Waals surface area contributed by atoms with Gasteiger partial charge in [-0.2, -0.15) is 0 Å². The molecule has 0 saturated carbocycles. The highest BCUT2D eigenvalue weighted by atomic mass is 32.1. The molecule has 0 aliphatic rings. The summed E-state index contributed by atoms with van der Waals surface area (Å²) in [5, 5.41) is 12.1. The Morgan fingerprint density at radius 3 is 2.88 bits per heavy atom. The van der Waals surface area contributed by atoms with E-state index in [0.29, 0.717) is 5.00 Å². The Morgan fingerprint density at radius 2 is 2.24 bits per heavy atom. The van der Waals surface area contributed by atoms with Crippen molar-refractivity contribution in [1.29, 1.82) is 0 Å². The third-order valence-electron chi connectivity index (χ3n) is 2.66. The molecule has 0 radical (unpaired) electrons. The van der Waals surface area contributed by atoms with E-state index in [1.165, 1.54) is 11.3 Å². The topological polar surface area (TPSA) is 74.9 Å². The quantitative estimate of drug-likeness (QED) is 0.617. The fourth-order valence-corrected chi connectivity index (χ4v) is 2.61. The molecule has 0 atom stereocenters. The Labute approximate surface area is 102 Å². The number of nitrogens with zero attached hydrogens (tertiary/aromatic N) is 1. The number of aromatic amines is 1. The van der Waals surface area contributed by atoms with E-state index in [9.17, 15) is 5.11 Å². The van der Waals surface area contributed by atoms with Gasteiger partial charge in [-0.3, -0.25) is 0 Å². The van der Waals surface area contributed by atoms with E-state index in [2.05, 4.69) is 9.97 Å². The van der Waals surface area contributed by atoms with Crippen LogP contribution in [-0.2, 0) is 0 Å². The molecule has 0 unspecified atom stereocenters. The molecule has 3 aromatic rings. The van der Waals surface area contributed by atoms with E-state index in [1.807, 2.05) is 19.1 Å². The second-order valence-corrected chi connectivity index (χ2v) is 5.10. The van der Waals surface area contributed by atoms with E-state index in [1.54, 1.807) is 12.1 Å². The lowest BCUT2D eigenvalue weighted by Gasteiger charge is -1.92. The average Bonchev–Trinajstić information content (AvgIpc) is 2.82. The number of fused-ring (bicyclic) bond motifs is 1. The lowest BCUT2D eigenvalue weighted by Crippen LogP contribution is -1.85. The van der Waals surface area contributed by atoms with Crippen LogP contribution in [0.25, 0.3) is 22.3 Å². The number of rotatable bonds is 1. The maximum Gasteiger partial charge on any atom is 0.124 e. The van der Waals surface area contributed by atoms with Gasteiger partial charge in [0, 0.05) is 10.9 Å². The minimum absolute atomic E-state index is 0.260. The van der Waals surface area contributed by atoms with Gasteiger partial charge >= 0.3 is 0 Å². The number of aryl methyl sites for hydroxylation is 1. The van der Waals surface area contributed by atoms with Gasteiger partial charge in [0.15, 0.2) is 0 Å². The second kappa shape index (κ2) is 3.49. The molecule has 0 aliphatic heterocycles. The number of hydrogen-bond acceptors (Lipinski definition) is 4. The van der Waals surface area contributed by atoms with Gasteiger partial charge in [0.25, 0.3) is 0 Å². The molecular weight excluding hydrogens is 234 g/mol. The number of thiazole rings is 1. The van der Waals surface area contributed by atoms with E-state index < -0.39 is 0 Å². The van der Waals surface area contributed by atoms with Gasteiger partial charge in [0.05, 0.1) is 10.7 Å². The van der Waals surface area contributed by atoms with Gasteiger partial charge in [-0.15, -0.1) is 11.3 Å². The number of aromatic nitrogens is 2. The number of nitrogens with one attached hydrogen (secondary N) is 1. The molecule has 4 nitrogen and oxygen atoms in total. The van der Waals surface area contributed by atoms with Crippen molar-refractivity contribution >= 4 is 27.2 Å². The van der Waals surface area contributed by atoms with Crippen LogP contribution >= 0.6 is 11.3 Å². The van der Waals surface area contributed by atoms with Crippen molar-refractivity contribution in [2.75, 3.05) is 5.73 Å². The summed E-state index contributed by atoms with van der Waals surface area (Å²) < 4.78 is 0. The van der Waals surface area contributed by atoms with Gasteiger partial charge in [0.2, 0.25) is 0 Å². The number of benzene rings is 1. The van der Waals surface area contributed by atoms with E-state index in [0.717, 1.165) is 27.3 Å². The van der Waals surface area contributed by atoms with Crippen molar-refractivity contribution in [3.8, 4) is 17.1 Å². The van der Waals surface area contributed by atoms with Crippen LogP contribution < -0.4 is 5.73 Å². The standard InChI is InChI=1S/C12H11N3OS/c1-6-14-11(12(13)17-6)9-5-7-8(15-9)3-2-4-10(7)16/h2-5,15-16H,13H2,1H3. The largest absolute Gasteiger partial charge is 0.507 e. The van der Waals surface area contributed by atoms with Crippen LogP contribution in [0.5, 0.6) is 5.75 Å². The molecule has 86 valence electrons. The summed E-state index contributed by atoms with van der Waals surface area (Å²) in [6, 6.07) is 7.24. The lowest BCUT2D eigenvalue weighted by atomic mass is 10.2. The zero-order valence-electron chi connectivity index (χ0n) is 9.19. The number of anilines is 1. The maximum absolute atomic E-state index is 9.74. The minimum Gasteiger partial charge on any atom is -0.507 e. The Bertz CT molecular complexity index is 699. The number of H-pyrrole nitrogens is 1. The average molecular weight is 245 g/mol. The third-order valence-corrected chi connectivity index (χ3v) is 3.46. The van der Waals surface area contributed by atoms with E-state index >= 15 is 0 Å². The van der Waals surface area contributed by atoms with Gasteiger partial charge in [-0.25, -0.2) is 4.98 Å². The first-order valence-electron chi connectivity index (χ1n) is 5.19. The van der Waals surface area contributed by atoms with Crippen LogP contribution in [0.2, 0.25) is 0 Å². The Hall–Kier alpha value is -2.01. The van der Waals surface area contributed by atoms with Crippen LogP contribution in [0.1, 0.15) is 5.01 Å². The first-order chi connectivity index (χ1) is 8.15. The zero-order chi connectivity index (χ0) is 12.0. The highest BCUT2D eigenvalue weighted by molar-refractivity contribution is 7.16. The number of hydrogen-bond donors (Lipinski definition) is 3. The normalized spacial score (nSPS) is 11.1. The Kier molecular flexibility index (Phi) is 2.09. The van der Waals surface area contributed by atoms with Gasteiger partial charge in [-0.05, 0) is 25.1 Å². The van der Waals surface area contributed by atoms with Gasteiger partial charge in [0.1, 0.15) is 16.4 Å². The third kappa shape index (κ3) is 1.55. The van der Waals surface area contributed by atoms with Crippen LogP contribution in [0.4, 0.5) is 5.00 Å². The van der Waals surface area contributed by atoms with E-state index in [-0.39, 0.29) is 5.75 Å². The van der Waals surface area contributed by atoms with Crippen molar-refractivity contribution in [3.05, 3.63) is 29.3 Å². The van der Waals surface area contributed by atoms with Crippen molar-refractivity contribution < 1.29 is 5.11 Å². The van der Waals surface area contributed by atoms with Crippen molar-refractivity contribution in [3.63, 3.8) is 0 Å². The number of nitrogens with two attached hydrogens (primary N) is 1. The van der Waals surface area contributed by atoms with Gasteiger partial charge in [-0.1, -0.05) is 6.07 Å². The highest BCUT2D eigenvalue weighted by Gasteiger charge is 2.12. The van der Waals surface area contributed by atoms with Crippen molar-refractivity contribution in [2.45, 2.75) is 6.92 Å². The summed E-state index contributed by atoms with van der Waals surface area (Å²) in [5.41, 5.74) is 8.38. The number of phenolic OH excluding ortho intramolecular Hbond substituents is 1. The van der Waals surface area contributed by atoms with Gasteiger partial charge < -0.3 is 15.8 Å². The van der Waals surface area contributed by atoms with E-state index in [4.69, 9.17) is 5.73 Å². The highest BCUT2D eigenvalue weighted by Crippen LogP contribution is 2.34. The fourth-order valence-electron chi connectivity index (χ4n) is 1.90. The molecule has 2 heterocycles. The maximum atomic E-state index is 9.74. The summed E-state index contributed by atoms with van der Waals surface area (Å²) in [6.07, 6.45) is 0. The minimum atomic E-state index is 0.260. The molecule has 0 aliphatic carbocycles. The summed E-state index contributed by atoms with van der Waals surface area (Å²) in [5.74, 6) is 0.260. The predicted octanol–water partition coefficient (Wildman–Crippen LogP) is 2.89. The first-order valence-corrected chi connectivity index (χ1v) is 6.01. The second-order valence-electron chi connectivity index (χ2n) is 3.87. The molecule has 0 saturated heterocycles. The Morgan fingerprint density at radius 1 is 1.41 bits per heavy atom. The van der Waals surface area contributed by atoms with Crippen molar-refractivity contribution in [2.24, 2.45) is 0 Å². The molecule has 0 amide bonds. The molecule has 0 spiro atoms. The molecular formula is C12H11N3OS. The van der Waals surface area contributed by atoms with Crippen LogP contribution in [0, 0.1) is 6.92 Å². The molecule has 0 fully saturated rings. The first kappa shape index (κ1) is 10.2. The summed E-state index contributed by atoms with van der Waals surface area (Å²) >= 11 is 1.46. The molecule has 3 rings (SSSR count). The molecule has 2 aromatic heterocycles. The SMILES string of the molecule is Cc1nc(-c2cc3c(O)cccc3[nH]2)c(N)s1. The molecule has 5 heteroatoms. The summed E-state index contributed by atoms with van der Waals surface area (Å²) in [6.45, 7) is 1.92. The predicted molar refractivity (Wildman–Crippen MR) is 70.2 cm³/mol. The number of nitrogen functional groups attached to an aromatic ring is 1. The van der Waals surface area contributed by atoms with Crippen LogP contribution in [-0.4, -0.2) is 15.1 Å². The van der Waals surface area contributed by atoms with Crippen LogP contribution in [0.3, 0.4) is 0 Å². The molecule has 17 heavy (non-hydrogen) atoms. The molecule has 1 aromatic carbocycles. The molecule has 0 bridgehead atoms.